The van der Waals surface area contributed by atoms with Crippen molar-refractivity contribution >= 4 is 17.7 Å². The summed E-state index contributed by atoms with van der Waals surface area (Å²) < 4.78 is 5.41. The Labute approximate surface area is 143 Å². The third-order valence-corrected chi connectivity index (χ3v) is 4.19. The largest absolute Gasteiger partial charge is 0.478 e. The molecule has 6 heteroatoms. The lowest BCUT2D eigenvalue weighted by Crippen LogP contribution is -2.47. The predicted octanol–water partition coefficient (Wildman–Crippen LogP) is 3.22. The molecule has 1 N–H and O–H groups in total. The van der Waals surface area contributed by atoms with Crippen LogP contribution in [0.4, 0.5) is 10.5 Å². The lowest BCUT2D eigenvalue weighted by atomic mass is 10.0. The summed E-state index contributed by atoms with van der Waals surface area (Å²) in [6.45, 7) is 6.93. The zero-order valence-corrected chi connectivity index (χ0v) is 14.8. The van der Waals surface area contributed by atoms with E-state index in [0.29, 0.717) is 19.1 Å². The van der Waals surface area contributed by atoms with Gasteiger partial charge in [-0.3, -0.25) is 0 Å². The maximum absolute atomic E-state index is 12.1. The van der Waals surface area contributed by atoms with Gasteiger partial charge >= 0.3 is 12.1 Å². The van der Waals surface area contributed by atoms with Gasteiger partial charge in [-0.1, -0.05) is 0 Å². The van der Waals surface area contributed by atoms with Crippen LogP contribution in [0.1, 0.15) is 44.0 Å². The van der Waals surface area contributed by atoms with Gasteiger partial charge in [0.2, 0.25) is 0 Å². The summed E-state index contributed by atoms with van der Waals surface area (Å²) in [4.78, 5) is 26.9. The Morgan fingerprint density at radius 1 is 1.17 bits per heavy atom. The third kappa shape index (κ3) is 4.63. The van der Waals surface area contributed by atoms with Crippen LogP contribution in [0.15, 0.2) is 24.3 Å². The van der Waals surface area contributed by atoms with E-state index < -0.39 is 11.6 Å². The summed E-state index contributed by atoms with van der Waals surface area (Å²) in [7, 11) is 2.00. The number of benzene rings is 1. The number of likely N-dealkylation sites (tertiary alicyclic amines) is 1. The summed E-state index contributed by atoms with van der Waals surface area (Å²) >= 11 is 0. The summed E-state index contributed by atoms with van der Waals surface area (Å²) in [6, 6.07) is 7.20. The number of hydrogen-bond donors (Lipinski definition) is 1. The van der Waals surface area contributed by atoms with E-state index in [-0.39, 0.29) is 11.7 Å². The van der Waals surface area contributed by atoms with Crippen LogP contribution >= 0.6 is 0 Å². The van der Waals surface area contributed by atoms with Gasteiger partial charge in [0.1, 0.15) is 5.60 Å². The molecule has 0 aromatic heterocycles. The van der Waals surface area contributed by atoms with E-state index in [1.165, 1.54) is 0 Å². The molecule has 1 heterocycles. The molecule has 0 unspecified atom stereocenters. The van der Waals surface area contributed by atoms with E-state index in [9.17, 15) is 9.59 Å². The number of carboxylic acids is 1. The highest BCUT2D eigenvalue weighted by atomic mass is 16.6. The number of piperidine rings is 1. The zero-order chi connectivity index (χ0) is 17.9. The Morgan fingerprint density at radius 2 is 1.71 bits per heavy atom. The van der Waals surface area contributed by atoms with Crippen molar-refractivity contribution in [3.8, 4) is 0 Å². The molecular formula is C18H26N2O4. The Kier molecular flexibility index (Phi) is 5.36. The second-order valence-corrected chi connectivity index (χ2v) is 7.16. The molecule has 0 spiro atoms. The monoisotopic (exact) mass is 334 g/mol. The number of carbonyl (C=O) groups excluding carboxylic acids is 1. The number of aromatic carboxylic acids is 1. The molecule has 0 aliphatic carbocycles. The first-order valence-corrected chi connectivity index (χ1v) is 8.21. The molecule has 132 valence electrons. The molecule has 2 rings (SSSR count). The molecule has 0 radical (unpaired) electrons. The molecule has 1 saturated heterocycles. The van der Waals surface area contributed by atoms with Crippen molar-refractivity contribution in [2.24, 2.45) is 0 Å². The highest BCUT2D eigenvalue weighted by molar-refractivity contribution is 5.88. The zero-order valence-electron chi connectivity index (χ0n) is 14.8. The van der Waals surface area contributed by atoms with Crippen LogP contribution < -0.4 is 4.90 Å². The molecular weight excluding hydrogens is 308 g/mol. The minimum atomic E-state index is -0.921. The van der Waals surface area contributed by atoms with E-state index >= 15 is 0 Å². The van der Waals surface area contributed by atoms with Gasteiger partial charge in [-0.05, 0) is 57.9 Å². The molecule has 0 saturated carbocycles. The molecule has 0 atom stereocenters. The Balaban J connectivity index is 1.91. The van der Waals surface area contributed by atoms with Crippen molar-refractivity contribution in [2.75, 3.05) is 25.0 Å². The number of rotatable bonds is 3. The molecule has 1 aromatic carbocycles. The van der Waals surface area contributed by atoms with Gasteiger partial charge in [-0.15, -0.1) is 0 Å². The van der Waals surface area contributed by atoms with Crippen molar-refractivity contribution in [3.05, 3.63) is 29.8 Å². The summed E-state index contributed by atoms with van der Waals surface area (Å²) in [5, 5.41) is 8.96. The smallest absolute Gasteiger partial charge is 0.410 e. The highest BCUT2D eigenvalue weighted by Crippen LogP contribution is 2.23. The second-order valence-electron chi connectivity index (χ2n) is 7.16. The molecule has 1 amide bonds. The average molecular weight is 334 g/mol. The van der Waals surface area contributed by atoms with E-state index in [1.807, 2.05) is 40.0 Å². The Bertz CT molecular complexity index is 584. The second kappa shape index (κ2) is 7.11. The first-order valence-electron chi connectivity index (χ1n) is 8.21. The number of carbonyl (C=O) groups is 2. The van der Waals surface area contributed by atoms with Crippen molar-refractivity contribution < 1.29 is 19.4 Å². The Hall–Kier alpha value is -2.24. The molecule has 1 fully saturated rings. The summed E-state index contributed by atoms with van der Waals surface area (Å²) in [5.41, 5.74) is 0.791. The van der Waals surface area contributed by atoms with Gasteiger partial charge < -0.3 is 19.6 Å². The maximum atomic E-state index is 12.1. The van der Waals surface area contributed by atoms with Crippen molar-refractivity contribution in [1.29, 1.82) is 0 Å². The minimum Gasteiger partial charge on any atom is -0.478 e. The SMILES string of the molecule is CN(c1ccc(C(=O)O)cc1)C1CCN(C(=O)OC(C)(C)C)CC1. The van der Waals surface area contributed by atoms with Crippen molar-refractivity contribution in [1.82, 2.24) is 4.90 Å². The van der Waals surface area contributed by atoms with Gasteiger partial charge in [-0.2, -0.15) is 0 Å². The van der Waals surface area contributed by atoms with E-state index in [1.54, 1.807) is 17.0 Å². The van der Waals surface area contributed by atoms with Gasteiger partial charge in [0.05, 0.1) is 5.56 Å². The molecule has 6 nitrogen and oxygen atoms in total. The first-order chi connectivity index (χ1) is 11.2. The average Bonchev–Trinajstić information content (AvgIpc) is 2.53. The van der Waals surface area contributed by atoms with Crippen LogP contribution in [0.25, 0.3) is 0 Å². The number of amides is 1. The van der Waals surface area contributed by atoms with Gasteiger partial charge in [0, 0.05) is 31.9 Å². The van der Waals surface area contributed by atoms with Crippen molar-refractivity contribution in [3.63, 3.8) is 0 Å². The molecule has 24 heavy (non-hydrogen) atoms. The van der Waals surface area contributed by atoms with Crippen LogP contribution in [0.5, 0.6) is 0 Å². The fourth-order valence-corrected chi connectivity index (χ4v) is 2.81. The van der Waals surface area contributed by atoms with Crippen LogP contribution in [0.3, 0.4) is 0 Å². The number of carboxylic acid groups (broad SMARTS) is 1. The fourth-order valence-electron chi connectivity index (χ4n) is 2.81. The predicted molar refractivity (Wildman–Crippen MR) is 92.6 cm³/mol. The number of ether oxygens (including phenoxy) is 1. The number of nitrogens with zero attached hydrogens (tertiary/aromatic N) is 2. The first kappa shape index (κ1) is 18.1. The van der Waals surface area contributed by atoms with Crippen LogP contribution in [-0.2, 0) is 4.74 Å². The number of hydrogen-bond acceptors (Lipinski definition) is 4. The quantitative estimate of drug-likeness (QED) is 0.919. The van der Waals surface area contributed by atoms with E-state index in [0.717, 1.165) is 18.5 Å². The van der Waals surface area contributed by atoms with Crippen LogP contribution in [-0.4, -0.2) is 53.8 Å². The van der Waals surface area contributed by atoms with Crippen molar-refractivity contribution in [2.45, 2.75) is 45.3 Å². The molecule has 1 aliphatic heterocycles. The van der Waals surface area contributed by atoms with Gasteiger partial charge in [0.25, 0.3) is 0 Å². The molecule has 0 bridgehead atoms. The molecule has 1 aromatic rings. The standard InChI is InChI=1S/C18H26N2O4/c1-18(2,3)24-17(23)20-11-9-15(10-12-20)19(4)14-7-5-13(6-8-14)16(21)22/h5-8,15H,9-12H2,1-4H3,(H,21,22). The fraction of sp³-hybridized carbons (Fsp3) is 0.556. The Morgan fingerprint density at radius 3 is 2.17 bits per heavy atom. The normalized spacial score (nSPS) is 15.9. The van der Waals surface area contributed by atoms with Crippen LogP contribution in [0.2, 0.25) is 0 Å². The lowest BCUT2D eigenvalue weighted by molar-refractivity contribution is 0.0205. The maximum Gasteiger partial charge on any atom is 0.410 e. The number of anilines is 1. The summed E-state index contributed by atoms with van der Waals surface area (Å²) in [5.74, 6) is -0.921. The molecule has 1 aliphatic rings. The van der Waals surface area contributed by atoms with Gasteiger partial charge in [-0.25, -0.2) is 9.59 Å². The topological polar surface area (TPSA) is 70.1 Å². The highest BCUT2D eigenvalue weighted by Gasteiger charge is 2.28. The van der Waals surface area contributed by atoms with E-state index in [4.69, 9.17) is 9.84 Å². The minimum absolute atomic E-state index is 0.255. The third-order valence-electron chi connectivity index (χ3n) is 4.19. The lowest BCUT2D eigenvalue weighted by Gasteiger charge is -2.38. The van der Waals surface area contributed by atoms with Gasteiger partial charge in [0.15, 0.2) is 0 Å². The van der Waals surface area contributed by atoms with E-state index in [2.05, 4.69) is 4.90 Å². The van der Waals surface area contributed by atoms with Crippen LogP contribution in [0, 0.1) is 0 Å². The summed E-state index contributed by atoms with van der Waals surface area (Å²) in [6.07, 6.45) is 1.46.